The Morgan fingerprint density at radius 1 is 1.21 bits per heavy atom. The van der Waals surface area contributed by atoms with E-state index >= 15 is 0 Å². The quantitative estimate of drug-likeness (QED) is 0.751. The first-order valence-corrected chi connectivity index (χ1v) is 6.54. The van der Waals surface area contributed by atoms with Crippen molar-refractivity contribution in [3.05, 3.63) is 0 Å². The molecular weight excluding hydrogens is 270 g/mol. The fourth-order valence-corrected chi connectivity index (χ4v) is 2.41. The largest absolute Gasteiger partial charge is 0.368 e. The molecule has 2 aliphatic rings. The normalized spacial score (nSPS) is 24.8. The van der Waals surface area contributed by atoms with E-state index in [9.17, 15) is 9.59 Å². The summed E-state index contributed by atoms with van der Waals surface area (Å²) in [7, 11) is 0. The first-order valence-electron chi connectivity index (χ1n) is 6.54. The Labute approximate surface area is 119 Å². The Hall–Kier alpha value is -0.850. The van der Waals surface area contributed by atoms with Crippen LogP contribution in [-0.2, 0) is 14.3 Å². The standard InChI is InChI=1S/C12H21N3O3.ClH/c1-9(13)11(16)14-4-6-15(7-5-14)12(17)10-3-2-8-18-10;/h9-10H,2-8,13H2,1H3;1H/t9-,10?;/m1./s1. The van der Waals surface area contributed by atoms with Crippen molar-refractivity contribution >= 4 is 24.2 Å². The van der Waals surface area contributed by atoms with E-state index in [1.165, 1.54) is 0 Å². The van der Waals surface area contributed by atoms with Gasteiger partial charge in [-0.3, -0.25) is 9.59 Å². The molecule has 2 atom stereocenters. The third-order valence-corrected chi connectivity index (χ3v) is 3.50. The third-order valence-electron chi connectivity index (χ3n) is 3.50. The maximum absolute atomic E-state index is 12.1. The number of ether oxygens (including phenoxy) is 1. The first-order chi connectivity index (χ1) is 8.59. The molecule has 2 N–H and O–H groups in total. The maximum Gasteiger partial charge on any atom is 0.251 e. The fraction of sp³-hybridized carbons (Fsp3) is 0.833. The molecule has 2 rings (SSSR count). The van der Waals surface area contributed by atoms with Crippen LogP contribution in [0.5, 0.6) is 0 Å². The van der Waals surface area contributed by atoms with Crippen LogP contribution in [0.3, 0.4) is 0 Å². The van der Waals surface area contributed by atoms with Gasteiger partial charge < -0.3 is 20.3 Å². The van der Waals surface area contributed by atoms with E-state index in [1.54, 1.807) is 16.7 Å². The van der Waals surface area contributed by atoms with Crippen molar-refractivity contribution in [3.63, 3.8) is 0 Å². The van der Waals surface area contributed by atoms with E-state index in [2.05, 4.69) is 0 Å². The molecule has 0 bridgehead atoms. The molecule has 0 aromatic carbocycles. The van der Waals surface area contributed by atoms with E-state index in [-0.39, 0.29) is 30.3 Å². The number of nitrogens with two attached hydrogens (primary N) is 1. The SMILES string of the molecule is C[C@@H](N)C(=O)N1CCN(C(=O)C2CCCO2)CC1.Cl. The van der Waals surface area contributed by atoms with Crippen LogP contribution in [0.25, 0.3) is 0 Å². The van der Waals surface area contributed by atoms with Crippen LogP contribution in [0, 0.1) is 0 Å². The van der Waals surface area contributed by atoms with Crippen molar-refractivity contribution in [1.29, 1.82) is 0 Å². The molecule has 1 unspecified atom stereocenters. The van der Waals surface area contributed by atoms with Gasteiger partial charge in [0.25, 0.3) is 5.91 Å². The van der Waals surface area contributed by atoms with Crippen molar-refractivity contribution in [2.75, 3.05) is 32.8 Å². The second-order valence-electron chi connectivity index (χ2n) is 4.94. The molecule has 6 nitrogen and oxygen atoms in total. The Kier molecular flexibility index (Phi) is 6.03. The summed E-state index contributed by atoms with van der Waals surface area (Å²) in [4.78, 5) is 27.3. The Morgan fingerprint density at radius 3 is 2.26 bits per heavy atom. The number of carbonyl (C=O) groups excluding carboxylic acids is 2. The molecular formula is C12H22ClN3O3. The molecule has 7 heteroatoms. The fourth-order valence-electron chi connectivity index (χ4n) is 2.41. The van der Waals surface area contributed by atoms with Crippen molar-refractivity contribution in [2.45, 2.75) is 31.9 Å². The molecule has 0 spiro atoms. The topological polar surface area (TPSA) is 75.9 Å². The third kappa shape index (κ3) is 3.81. The van der Waals surface area contributed by atoms with Crippen molar-refractivity contribution in [3.8, 4) is 0 Å². The summed E-state index contributed by atoms with van der Waals surface area (Å²) >= 11 is 0. The lowest BCUT2D eigenvalue weighted by Gasteiger charge is -2.36. The predicted molar refractivity (Wildman–Crippen MR) is 73.0 cm³/mol. The molecule has 110 valence electrons. The Morgan fingerprint density at radius 2 is 1.79 bits per heavy atom. The zero-order valence-corrected chi connectivity index (χ0v) is 12.0. The minimum Gasteiger partial charge on any atom is -0.368 e. The number of rotatable bonds is 2. The summed E-state index contributed by atoms with van der Waals surface area (Å²) in [5.41, 5.74) is 5.57. The highest BCUT2D eigenvalue weighted by molar-refractivity contribution is 5.85. The van der Waals surface area contributed by atoms with Crippen molar-refractivity contribution in [1.82, 2.24) is 9.80 Å². The highest BCUT2D eigenvalue weighted by Gasteiger charge is 2.31. The number of piperazine rings is 1. The number of nitrogens with zero attached hydrogens (tertiary/aromatic N) is 2. The van der Waals surface area contributed by atoms with Gasteiger partial charge in [-0.25, -0.2) is 0 Å². The smallest absolute Gasteiger partial charge is 0.251 e. The van der Waals surface area contributed by atoms with Crippen LogP contribution < -0.4 is 5.73 Å². The van der Waals surface area contributed by atoms with Gasteiger partial charge in [-0.15, -0.1) is 12.4 Å². The molecule has 2 amide bonds. The summed E-state index contributed by atoms with van der Waals surface area (Å²) in [6.45, 7) is 4.66. The summed E-state index contributed by atoms with van der Waals surface area (Å²) in [6, 6.07) is -0.467. The summed E-state index contributed by atoms with van der Waals surface area (Å²) in [5, 5.41) is 0. The number of carbonyl (C=O) groups is 2. The molecule has 0 aromatic heterocycles. The first kappa shape index (κ1) is 16.2. The van der Waals surface area contributed by atoms with Gasteiger partial charge in [0.1, 0.15) is 6.10 Å². The van der Waals surface area contributed by atoms with Gasteiger partial charge in [0.2, 0.25) is 5.91 Å². The zero-order valence-electron chi connectivity index (χ0n) is 11.2. The van der Waals surface area contributed by atoms with Gasteiger partial charge in [0.15, 0.2) is 0 Å². The molecule has 19 heavy (non-hydrogen) atoms. The number of hydrogen-bond acceptors (Lipinski definition) is 4. The van der Waals surface area contributed by atoms with Gasteiger partial charge >= 0.3 is 0 Å². The molecule has 0 saturated carbocycles. The molecule has 0 aliphatic carbocycles. The van der Waals surface area contributed by atoms with E-state index in [0.29, 0.717) is 32.8 Å². The minimum absolute atomic E-state index is 0. The maximum atomic E-state index is 12.1. The van der Waals surface area contributed by atoms with E-state index < -0.39 is 6.04 Å². The lowest BCUT2D eigenvalue weighted by atomic mass is 10.2. The highest BCUT2D eigenvalue weighted by atomic mass is 35.5. The Bertz CT molecular complexity index is 324. The summed E-state index contributed by atoms with van der Waals surface area (Å²) in [5.74, 6) is 0.0274. The number of halogens is 1. The van der Waals surface area contributed by atoms with E-state index in [0.717, 1.165) is 12.8 Å². The lowest BCUT2D eigenvalue weighted by Crippen LogP contribution is -2.55. The summed E-state index contributed by atoms with van der Waals surface area (Å²) in [6.07, 6.45) is 1.51. The summed E-state index contributed by atoms with van der Waals surface area (Å²) < 4.78 is 5.39. The molecule has 0 aromatic rings. The van der Waals surface area contributed by atoms with Crippen LogP contribution in [0.1, 0.15) is 19.8 Å². The number of hydrogen-bond donors (Lipinski definition) is 1. The zero-order chi connectivity index (χ0) is 13.1. The van der Waals surface area contributed by atoms with Crippen LogP contribution in [0.15, 0.2) is 0 Å². The van der Waals surface area contributed by atoms with E-state index in [4.69, 9.17) is 10.5 Å². The van der Waals surface area contributed by atoms with Crippen molar-refractivity contribution in [2.24, 2.45) is 5.73 Å². The van der Waals surface area contributed by atoms with Gasteiger partial charge in [0, 0.05) is 32.8 Å². The van der Waals surface area contributed by atoms with Crippen molar-refractivity contribution < 1.29 is 14.3 Å². The van der Waals surface area contributed by atoms with Crippen LogP contribution in [0.4, 0.5) is 0 Å². The molecule has 0 radical (unpaired) electrons. The predicted octanol–water partition coefficient (Wildman–Crippen LogP) is -0.395. The molecule has 2 heterocycles. The van der Waals surface area contributed by atoms with Gasteiger partial charge in [-0.1, -0.05) is 0 Å². The number of amides is 2. The minimum atomic E-state index is -0.467. The van der Waals surface area contributed by atoms with Crippen LogP contribution >= 0.6 is 12.4 Å². The average molecular weight is 292 g/mol. The second-order valence-corrected chi connectivity index (χ2v) is 4.94. The molecule has 2 saturated heterocycles. The van der Waals surface area contributed by atoms with E-state index in [1.807, 2.05) is 0 Å². The van der Waals surface area contributed by atoms with Gasteiger partial charge in [-0.05, 0) is 19.8 Å². The second kappa shape index (κ2) is 7.07. The van der Waals surface area contributed by atoms with Gasteiger partial charge in [0.05, 0.1) is 6.04 Å². The monoisotopic (exact) mass is 291 g/mol. The van der Waals surface area contributed by atoms with Crippen LogP contribution in [-0.4, -0.2) is 66.5 Å². The molecule has 2 fully saturated rings. The average Bonchev–Trinajstić information content (AvgIpc) is 2.91. The van der Waals surface area contributed by atoms with Gasteiger partial charge in [-0.2, -0.15) is 0 Å². The highest BCUT2D eigenvalue weighted by Crippen LogP contribution is 2.16. The molecule has 2 aliphatic heterocycles. The Balaban J connectivity index is 0.00000180. The lowest BCUT2D eigenvalue weighted by molar-refractivity contribution is -0.146. The van der Waals surface area contributed by atoms with Crippen LogP contribution in [0.2, 0.25) is 0 Å².